The van der Waals surface area contributed by atoms with E-state index in [0.29, 0.717) is 31.4 Å². The van der Waals surface area contributed by atoms with Crippen molar-refractivity contribution in [1.82, 2.24) is 14.8 Å². The average Bonchev–Trinajstić information content (AvgIpc) is 2.99. The summed E-state index contributed by atoms with van der Waals surface area (Å²) in [6, 6.07) is 0. The summed E-state index contributed by atoms with van der Waals surface area (Å²) >= 11 is 0. The number of hydrogen-bond donors (Lipinski definition) is 1. The first-order valence-electron chi connectivity index (χ1n) is 8.93. The number of nitrogens with zero attached hydrogens (tertiary/aromatic N) is 2. The zero-order valence-electron chi connectivity index (χ0n) is 15.8. The van der Waals surface area contributed by atoms with Crippen LogP contribution < -0.4 is 5.32 Å². The molecule has 1 aromatic rings. The van der Waals surface area contributed by atoms with Gasteiger partial charge in [0.25, 0.3) is 0 Å². The average molecular weight is 381 g/mol. The van der Waals surface area contributed by atoms with Crippen LogP contribution in [0.2, 0.25) is 0 Å². The fraction of sp³-hybridized carbons (Fsp3) is 0.667. The topological polar surface area (TPSA) is 92.5 Å². The Morgan fingerprint density at radius 1 is 1.35 bits per heavy atom. The van der Waals surface area contributed by atoms with Gasteiger partial charge >= 0.3 is 0 Å². The number of aryl methyl sites for hydroxylation is 2. The van der Waals surface area contributed by atoms with Crippen molar-refractivity contribution in [2.45, 2.75) is 63.8 Å². The van der Waals surface area contributed by atoms with Crippen LogP contribution >= 0.6 is 0 Å². The Labute approximate surface area is 155 Å². The summed E-state index contributed by atoms with van der Waals surface area (Å²) in [6.45, 7) is 7.66. The summed E-state index contributed by atoms with van der Waals surface area (Å²) in [6.07, 6.45) is 7.84. The summed E-state index contributed by atoms with van der Waals surface area (Å²) in [5.41, 5.74) is -0.274. The number of hydrogen-bond acceptors (Lipinski definition) is 5. The second-order valence-corrected chi connectivity index (χ2v) is 8.63. The van der Waals surface area contributed by atoms with E-state index in [1.807, 2.05) is 13.8 Å². The lowest BCUT2D eigenvalue weighted by Crippen LogP contribution is -2.51. The predicted molar refractivity (Wildman–Crippen MR) is 97.7 cm³/mol. The van der Waals surface area contributed by atoms with Gasteiger partial charge in [-0.15, -0.1) is 6.42 Å². The molecule has 26 heavy (non-hydrogen) atoms. The minimum absolute atomic E-state index is 0.0963. The van der Waals surface area contributed by atoms with Crippen LogP contribution in [-0.2, 0) is 14.8 Å². The maximum Gasteiger partial charge on any atom is 0.248 e. The lowest BCUT2D eigenvalue weighted by atomic mass is 9.90. The molecule has 1 amide bonds. The molecule has 0 radical (unpaired) electrons. The highest BCUT2D eigenvalue weighted by atomic mass is 32.2. The maximum absolute atomic E-state index is 12.8. The molecule has 1 fully saturated rings. The van der Waals surface area contributed by atoms with E-state index in [-0.39, 0.29) is 35.6 Å². The van der Waals surface area contributed by atoms with Crippen molar-refractivity contribution in [3.8, 4) is 12.3 Å². The van der Waals surface area contributed by atoms with Gasteiger partial charge in [0, 0.05) is 19.0 Å². The van der Waals surface area contributed by atoms with Gasteiger partial charge < -0.3 is 9.84 Å². The molecule has 2 rings (SSSR count). The molecule has 1 aromatic heterocycles. The number of sulfonamides is 1. The van der Waals surface area contributed by atoms with Crippen LogP contribution in [0.25, 0.3) is 0 Å². The Hall–Kier alpha value is -1.85. The van der Waals surface area contributed by atoms with Crippen LogP contribution in [0.4, 0.5) is 0 Å². The van der Waals surface area contributed by atoms with E-state index in [4.69, 9.17) is 10.9 Å². The van der Waals surface area contributed by atoms with Gasteiger partial charge in [-0.3, -0.25) is 4.79 Å². The van der Waals surface area contributed by atoms with Crippen LogP contribution in [-0.4, -0.2) is 42.4 Å². The van der Waals surface area contributed by atoms with Crippen LogP contribution in [0.5, 0.6) is 0 Å². The van der Waals surface area contributed by atoms with Crippen molar-refractivity contribution in [1.29, 1.82) is 0 Å². The Morgan fingerprint density at radius 2 is 1.92 bits per heavy atom. The van der Waals surface area contributed by atoms with Crippen LogP contribution in [0.3, 0.4) is 0 Å². The molecule has 1 aliphatic rings. The van der Waals surface area contributed by atoms with Crippen molar-refractivity contribution >= 4 is 15.9 Å². The summed E-state index contributed by atoms with van der Waals surface area (Å²) in [4.78, 5) is 12.7. The molecule has 0 atom stereocenters. The van der Waals surface area contributed by atoms with E-state index in [1.54, 1.807) is 13.8 Å². The number of piperidine rings is 1. The summed E-state index contributed by atoms with van der Waals surface area (Å²) in [7, 11) is -3.67. The van der Waals surface area contributed by atoms with Gasteiger partial charge in [-0.25, -0.2) is 8.42 Å². The van der Waals surface area contributed by atoms with Gasteiger partial charge in [0.1, 0.15) is 16.1 Å². The number of rotatable bonds is 6. The smallest absolute Gasteiger partial charge is 0.248 e. The highest BCUT2D eigenvalue weighted by molar-refractivity contribution is 7.89. The number of nitrogens with one attached hydrogen (secondary N) is 1. The van der Waals surface area contributed by atoms with Crippen LogP contribution in [0, 0.1) is 32.1 Å². The molecule has 1 saturated heterocycles. The van der Waals surface area contributed by atoms with Crippen molar-refractivity contribution in [2.24, 2.45) is 5.92 Å². The predicted octanol–water partition coefficient (Wildman–Crippen LogP) is 2.00. The first-order chi connectivity index (χ1) is 12.2. The minimum Gasteiger partial charge on any atom is -0.360 e. The zero-order chi connectivity index (χ0) is 19.5. The van der Waals surface area contributed by atoms with Crippen molar-refractivity contribution < 1.29 is 17.7 Å². The molecule has 0 aromatic carbocycles. The molecule has 1 N–H and O–H groups in total. The normalized spacial score (nSPS) is 17.0. The lowest BCUT2D eigenvalue weighted by Gasteiger charge is -2.33. The van der Waals surface area contributed by atoms with Gasteiger partial charge in [-0.2, -0.15) is 4.31 Å². The van der Waals surface area contributed by atoms with E-state index in [9.17, 15) is 13.2 Å². The molecule has 0 aliphatic carbocycles. The number of terminal acetylenes is 1. The molecule has 0 spiro atoms. The quantitative estimate of drug-likeness (QED) is 0.761. The third-order valence-electron chi connectivity index (χ3n) is 5.24. The number of aromatic nitrogens is 1. The fourth-order valence-corrected chi connectivity index (χ4v) is 5.10. The van der Waals surface area contributed by atoms with Gasteiger partial charge in [0.2, 0.25) is 15.9 Å². The van der Waals surface area contributed by atoms with Crippen LogP contribution in [0.1, 0.15) is 51.0 Å². The first kappa shape index (κ1) is 20.5. The third-order valence-corrected chi connectivity index (χ3v) is 7.38. The van der Waals surface area contributed by atoms with Crippen LogP contribution in [0.15, 0.2) is 9.42 Å². The zero-order valence-corrected chi connectivity index (χ0v) is 16.6. The Morgan fingerprint density at radius 3 is 2.35 bits per heavy atom. The summed E-state index contributed by atoms with van der Waals surface area (Å²) in [5, 5.41) is 6.71. The molecule has 0 unspecified atom stereocenters. The van der Waals surface area contributed by atoms with E-state index < -0.39 is 15.6 Å². The third kappa shape index (κ3) is 3.79. The maximum atomic E-state index is 12.8. The van der Waals surface area contributed by atoms with E-state index >= 15 is 0 Å². The number of carbonyl (C=O) groups excluding carboxylic acids is 1. The van der Waals surface area contributed by atoms with E-state index in [0.717, 1.165) is 0 Å². The second-order valence-electron chi connectivity index (χ2n) is 6.75. The lowest BCUT2D eigenvalue weighted by molar-refractivity contribution is -0.127. The summed E-state index contributed by atoms with van der Waals surface area (Å²) < 4.78 is 32.1. The molecule has 2 heterocycles. The largest absolute Gasteiger partial charge is 0.360 e. The van der Waals surface area contributed by atoms with Gasteiger partial charge in [-0.05, 0) is 39.5 Å². The molecule has 1 aliphatic heterocycles. The molecule has 7 nitrogen and oxygen atoms in total. The summed E-state index contributed by atoms with van der Waals surface area (Å²) in [5.74, 6) is 2.64. The molecule has 8 heteroatoms. The van der Waals surface area contributed by atoms with E-state index in [2.05, 4.69) is 16.4 Å². The van der Waals surface area contributed by atoms with E-state index in [1.165, 1.54) is 4.31 Å². The molecule has 144 valence electrons. The van der Waals surface area contributed by atoms with Crippen molar-refractivity contribution in [3.05, 3.63) is 11.5 Å². The van der Waals surface area contributed by atoms with Gasteiger partial charge in [0.15, 0.2) is 5.76 Å². The first-order valence-corrected chi connectivity index (χ1v) is 10.4. The molecular formula is C18H27N3O4S. The highest BCUT2D eigenvalue weighted by Crippen LogP contribution is 2.28. The fourth-order valence-electron chi connectivity index (χ4n) is 3.34. The monoisotopic (exact) mass is 381 g/mol. The number of amides is 1. The molecule has 0 saturated carbocycles. The minimum atomic E-state index is -3.67. The Kier molecular flexibility index (Phi) is 6.14. The molecular weight excluding hydrogens is 354 g/mol. The Bertz CT molecular complexity index is 775. The van der Waals surface area contributed by atoms with Gasteiger partial charge in [-0.1, -0.05) is 24.9 Å². The van der Waals surface area contributed by atoms with Gasteiger partial charge in [0.05, 0.1) is 0 Å². The SMILES string of the molecule is C#CC(CC)(CC)NC(=O)C1CCN(S(=O)(=O)c2c(C)noc2C)CC1. The van der Waals surface area contributed by atoms with Crippen molar-refractivity contribution in [3.63, 3.8) is 0 Å². The molecule has 0 bridgehead atoms. The number of carbonyl (C=O) groups is 1. The standard InChI is InChI=1S/C18H27N3O4S/c1-6-18(7-2,8-3)19-17(22)15-9-11-21(12-10-15)26(23,24)16-13(4)20-25-14(16)5/h1,15H,7-12H2,2-5H3,(H,19,22). The van der Waals surface area contributed by atoms with Crippen molar-refractivity contribution in [2.75, 3.05) is 13.1 Å². The second kappa shape index (κ2) is 7.80. The highest BCUT2D eigenvalue weighted by Gasteiger charge is 2.37. The Balaban J connectivity index is 2.05.